The first-order chi connectivity index (χ1) is 27.0. The highest BCUT2D eigenvalue weighted by molar-refractivity contribution is 5.80. The highest BCUT2D eigenvalue weighted by Gasteiger charge is 2.28. The Morgan fingerprint density at radius 3 is 1.20 bits per heavy atom. The van der Waals surface area contributed by atoms with Crippen LogP contribution in [0.3, 0.4) is 0 Å². The minimum absolute atomic E-state index is 0.361. The Hall–Kier alpha value is -1.47. The zero-order valence-electron chi connectivity index (χ0n) is 36.4. The second-order valence-corrected chi connectivity index (χ2v) is 16.4. The molecule has 0 rings (SSSR count). The molecule has 0 aliphatic heterocycles. The van der Waals surface area contributed by atoms with E-state index in [0.29, 0.717) is 12.8 Å². The Labute approximate surface area is 341 Å². The van der Waals surface area contributed by atoms with Gasteiger partial charge in [-0.25, -0.2) is 0 Å². The Morgan fingerprint density at radius 1 is 0.455 bits per heavy atom. The summed E-state index contributed by atoms with van der Waals surface area (Å²) >= 11 is 0. The number of hydrogen-bond acceptors (Lipinski definition) is 5. The fraction of sp³-hybridized carbons (Fsp3) is 0.857. The van der Waals surface area contributed by atoms with Crippen molar-refractivity contribution in [2.45, 2.75) is 263 Å². The van der Waals surface area contributed by atoms with Gasteiger partial charge in [0.25, 0.3) is 0 Å². The van der Waals surface area contributed by atoms with Crippen molar-refractivity contribution in [2.24, 2.45) is 0 Å². The molecule has 6 nitrogen and oxygen atoms in total. The van der Waals surface area contributed by atoms with Gasteiger partial charge in [-0.2, -0.15) is 0 Å². The van der Waals surface area contributed by atoms with Gasteiger partial charge in [0, 0.05) is 0 Å². The zero-order chi connectivity index (χ0) is 40.3. The number of carbonyl (C=O) groups is 1. The molecular weight excluding hydrogens is 683 g/mol. The van der Waals surface area contributed by atoms with Crippen LogP contribution < -0.4 is 5.32 Å². The summed E-state index contributed by atoms with van der Waals surface area (Å²) in [7, 11) is 0. The molecule has 0 radical (unpaired) electrons. The fourth-order valence-electron chi connectivity index (χ4n) is 7.26. The molecule has 0 fully saturated rings. The molecule has 6 heteroatoms. The van der Waals surface area contributed by atoms with Crippen LogP contribution in [0.1, 0.15) is 239 Å². The van der Waals surface area contributed by atoms with E-state index in [1.165, 1.54) is 167 Å². The highest BCUT2D eigenvalue weighted by Crippen LogP contribution is 2.16. The van der Waals surface area contributed by atoms with Gasteiger partial charge in [0.15, 0.2) is 0 Å². The van der Waals surface area contributed by atoms with E-state index in [2.05, 4.69) is 55.6 Å². The summed E-state index contributed by atoms with van der Waals surface area (Å²) in [5.41, 5.74) is 0. The molecule has 0 aromatic carbocycles. The molecule has 0 bridgehead atoms. The molecule has 4 atom stereocenters. The molecule has 1 amide bonds. The van der Waals surface area contributed by atoms with Gasteiger partial charge in [0.2, 0.25) is 5.91 Å². The number of allylic oxidation sites excluding steroid dienone is 6. The van der Waals surface area contributed by atoms with Crippen LogP contribution in [0.4, 0.5) is 0 Å². The standard InChI is InChI=1S/C49H93NO5/c1-3-5-7-9-11-13-15-16-17-18-19-20-21-22-23-24-25-26-27-28-29-30-31-33-35-37-39-41-43-47(53)49(55)50-45(44-51)48(54)46(52)42-40-38-36-34-32-14-12-10-8-6-4-2/h19-20,22-23,34,36,45-48,51-54H,3-18,21,24-33,35,37-44H2,1-2H3,(H,50,55)/b20-19-,23-22-,36-34+. The van der Waals surface area contributed by atoms with Gasteiger partial charge in [-0.15, -0.1) is 0 Å². The van der Waals surface area contributed by atoms with E-state index in [0.717, 1.165) is 44.9 Å². The molecule has 0 aromatic heterocycles. The molecule has 55 heavy (non-hydrogen) atoms. The number of carbonyl (C=O) groups excluding carboxylic acids is 1. The monoisotopic (exact) mass is 776 g/mol. The predicted octanol–water partition coefficient (Wildman–Crippen LogP) is 12.9. The molecule has 0 saturated carbocycles. The lowest BCUT2D eigenvalue weighted by Crippen LogP contribution is -2.53. The molecule has 324 valence electrons. The normalized spacial score (nSPS) is 14.4. The lowest BCUT2D eigenvalue weighted by Gasteiger charge is -2.27. The van der Waals surface area contributed by atoms with Gasteiger partial charge in [-0.1, -0.05) is 204 Å². The van der Waals surface area contributed by atoms with Crippen molar-refractivity contribution >= 4 is 5.91 Å². The van der Waals surface area contributed by atoms with E-state index in [4.69, 9.17) is 0 Å². The van der Waals surface area contributed by atoms with Crippen LogP contribution in [-0.2, 0) is 4.79 Å². The second kappa shape index (κ2) is 43.6. The predicted molar refractivity (Wildman–Crippen MR) is 237 cm³/mol. The Kier molecular flexibility index (Phi) is 42.5. The SMILES string of the molecule is CCCCCCCC/C=C/CCCC(O)C(O)C(CO)NC(=O)C(O)CCCCCCCCCCCCCC/C=C\C/C=C\CCCCCCCCCCC. The number of rotatable bonds is 43. The number of amides is 1. The van der Waals surface area contributed by atoms with Gasteiger partial charge < -0.3 is 25.7 Å². The quantitative estimate of drug-likeness (QED) is 0.0313. The zero-order valence-corrected chi connectivity index (χ0v) is 36.4. The van der Waals surface area contributed by atoms with Crippen molar-refractivity contribution < 1.29 is 25.2 Å². The molecule has 0 heterocycles. The molecule has 0 aliphatic rings. The van der Waals surface area contributed by atoms with E-state index < -0.39 is 36.9 Å². The third-order valence-corrected chi connectivity index (χ3v) is 11.1. The summed E-state index contributed by atoms with van der Waals surface area (Å²) in [6.07, 6.45) is 52.0. The fourth-order valence-corrected chi connectivity index (χ4v) is 7.26. The Morgan fingerprint density at radius 2 is 0.800 bits per heavy atom. The van der Waals surface area contributed by atoms with Crippen LogP contribution in [0, 0.1) is 0 Å². The summed E-state index contributed by atoms with van der Waals surface area (Å²) in [5.74, 6) is -0.596. The van der Waals surface area contributed by atoms with Crippen LogP contribution in [0.2, 0.25) is 0 Å². The number of aliphatic hydroxyl groups is 4. The van der Waals surface area contributed by atoms with E-state index in [1.807, 2.05) is 0 Å². The largest absolute Gasteiger partial charge is 0.394 e. The van der Waals surface area contributed by atoms with Crippen LogP contribution in [0.25, 0.3) is 0 Å². The lowest BCUT2D eigenvalue weighted by molar-refractivity contribution is -0.132. The van der Waals surface area contributed by atoms with Crippen molar-refractivity contribution in [1.29, 1.82) is 0 Å². The molecule has 0 aliphatic carbocycles. The van der Waals surface area contributed by atoms with Crippen LogP contribution in [0.5, 0.6) is 0 Å². The van der Waals surface area contributed by atoms with E-state index >= 15 is 0 Å². The van der Waals surface area contributed by atoms with Crippen LogP contribution >= 0.6 is 0 Å². The van der Waals surface area contributed by atoms with Gasteiger partial charge in [0.05, 0.1) is 18.8 Å². The van der Waals surface area contributed by atoms with Crippen LogP contribution in [-0.4, -0.2) is 57.3 Å². The van der Waals surface area contributed by atoms with Gasteiger partial charge in [0.1, 0.15) is 12.2 Å². The molecule has 0 spiro atoms. The van der Waals surface area contributed by atoms with Gasteiger partial charge in [-0.05, 0) is 70.6 Å². The number of nitrogens with one attached hydrogen (secondary N) is 1. The maximum atomic E-state index is 12.5. The Bertz CT molecular complexity index is 873. The van der Waals surface area contributed by atoms with Crippen molar-refractivity contribution in [2.75, 3.05) is 6.61 Å². The third-order valence-electron chi connectivity index (χ3n) is 11.1. The topological polar surface area (TPSA) is 110 Å². The van der Waals surface area contributed by atoms with E-state index in [9.17, 15) is 25.2 Å². The average Bonchev–Trinajstić information content (AvgIpc) is 3.19. The highest BCUT2D eigenvalue weighted by atomic mass is 16.3. The van der Waals surface area contributed by atoms with Crippen molar-refractivity contribution in [1.82, 2.24) is 5.32 Å². The smallest absolute Gasteiger partial charge is 0.249 e. The maximum Gasteiger partial charge on any atom is 0.249 e. The van der Waals surface area contributed by atoms with Crippen molar-refractivity contribution in [3.8, 4) is 0 Å². The van der Waals surface area contributed by atoms with Gasteiger partial charge >= 0.3 is 0 Å². The maximum absolute atomic E-state index is 12.5. The van der Waals surface area contributed by atoms with E-state index in [1.54, 1.807) is 0 Å². The van der Waals surface area contributed by atoms with Crippen LogP contribution in [0.15, 0.2) is 36.5 Å². The minimum atomic E-state index is -1.28. The second-order valence-electron chi connectivity index (χ2n) is 16.4. The first-order valence-corrected chi connectivity index (χ1v) is 23.9. The summed E-state index contributed by atoms with van der Waals surface area (Å²) < 4.78 is 0. The first kappa shape index (κ1) is 53.5. The molecule has 5 N–H and O–H groups in total. The number of unbranched alkanes of at least 4 members (excludes halogenated alkanes) is 28. The number of aliphatic hydroxyl groups excluding tert-OH is 4. The summed E-state index contributed by atoms with van der Waals surface area (Å²) in [5, 5.41) is 43.6. The molecular formula is C49H93NO5. The lowest BCUT2D eigenvalue weighted by atomic mass is 10.00. The Balaban J connectivity index is 3.65. The summed E-state index contributed by atoms with van der Waals surface area (Å²) in [4.78, 5) is 12.5. The third kappa shape index (κ3) is 37.8. The van der Waals surface area contributed by atoms with Crippen molar-refractivity contribution in [3.05, 3.63) is 36.5 Å². The minimum Gasteiger partial charge on any atom is -0.394 e. The molecule has 0 saturated heterocycles. The number of hydrogen-bond donors (Lipinski definition) is 5. The summed E-state index contributed by atoms with van der Waals surface area (Å²) in [6, 6.07) is -1.00. The van der Waals surface area contributed by atoms with Gasteiger partial charge in [-0.3, -0.25) is 4.79 Å². The first-order valence-electron chi connectivity index (χ1n) is 23.9. The molecule has 4 unspecified atom stereocenters. The summed E-state index contributed by atoms with van der Waals surface area (Å²) in [6.45, 7) is 4.02. The average molecular weight is 776 g/mol. The van der Waals surface area contributed by atoms with Crippen molar-refractivity contribution in [3.63, 3.8) is 0 Å². The molecule has 0 aromatic rings. The van der Waals surface area contributed by atoms with E-state index in [-0.39, 0.29) is 0 Å².